The number of benzene rings is 1. The zero-order chi connectivity index (χ0) is 13.5. The third-order valence-corrected chi connectivity index (χ3v) is 3.91. The summed E-state index contributed by atoms with van der Waals surface area (Å²) in [5.74, 6) is 0. The summed E-state index contributed by atoms with van der Waals surface area (Å²) in [4.78, 5) is 4.50. The monoisotopic (exact) mass is 258 g/mol. The Balaban J connectivity index is 2.05. The number of nitrogens with zero attached hydrogens (tertiary/aromatic N) is 2. The van der Waals surface area contributed by atoms with Crippen LogP contribution in [0.5, 0.6) is 0 Å². The van der Waals surface area contributed by atoms with Gasteiger partial charge in [-0.3, -0.25) is 0 Å². The molecule has 1 aliphatic rings. The van der Waals surface area contributed by atoms with Gasteiger partial charge in [-0.1, -0.05) is 26.8 Å². The Kier molecular flexibility index (Phi) is 3.09. The lowest BCUT2D eigenvalue weighted by atomic mass is 9.87. The molecule has 0 radical (unpaired) electrons. The van der Waals surface area contributed by atoms with Crippen LogP contribution in [0.2, 0.25) is 0 Å². The molecule has 1 saturated heterocycles. The van der Waals surface area contributed by atoms with Gasteiger partial charge in [0.1, 0.15) is 6.23 Å². The van der Waals surface area contributed by atoms with Gasteiger partial charge < -0.3 is 9.30 Å². The lowest BCUT2D eigenvalue weighted by molar-refractivity contribution is -0.0295. The molecule has 0 N–H and O–H groups in total. The number of rotatable bonds is 1. The minimum atomic E-state index is 0.161. The molecule has 0 amide bonds. The average molecular weight is 258 g/mol. The minimum absolute atomic E-state index is 0.161. The normalized spacial score (nSPS) is 20.9. The van der Waals surface area contributed by atoms with Crippen LogP contribution in [0.15, 0.2) is 24.5 Å². The summed E-state index contributed by atoms with van der Waals surface area (Å²) in [6, 6.07) is 6.57. The summed E-state index contributed by atoms with van der Waals surface area (Å²) in [6.07, 6.45) is 5.59. The first kappa shape index (κ1) is 12.7. The van der Waals surface area contributed by atoms with Crippen LogP contribution < -0.4 is 0 Å². The van der Waals surface area contributed by atoms with E-state index in [1.54, 1.807) is 0 Å². The topological polar surface area (TPSA) is 27.1 Å². The molecule has 0 saturated carbocycles. The molecule has 2 heterocycles. The van der Waals surface area contributed by atoms with Crippen molar-refractivity contribution < 1.29 is 4.74 Å². The van der Waals surface area contributed by atoms with E-state index < -0.39 is 0 Å². The Labute approximate surface area is 114 Å². The molecule has 19 heavy (non-hydrogen) atoms. The van der Waals surface area contributed by atoms with E-state index in [1.165, 1.54) is 23.9 Å². The van der Waals surface area contributed by atoms with Crippen molar-refractivity contribution in [3.05, 3.63) is 30.1 Å². The van der Waals surface area contributed by atoms with Gasteiger partial charge in [-0.15, -0.1) is 0 Å². The Morgan fingerprint density at radius 2 is 2.11 bits per heavy atom. The second kappa shape index (κ2) is 4.64. The molecule has 0 bridgehead atoms. The van der Waals surface area contributed by atoms with E-state index in [0.717, 1.165) is 18.5 Å². The molecule has 1 aliphatic heterocycles. The third kappa shape index (κ3) is 2.39. The molecular weight excluding hydrogens is 236 g/mol. The highest BCUT2D eigenvalue weighted by atomic mass is 16.5. The maximum atomic E-state index is 5.88. The Morgan fingerprint density at radius 3 is 2.79 bits per heavy atom. The molecule has 1 atom stereocenters. The molecular formula is C16H22N2O. The van der Waals surface area contributed by atoms with Crippen LogP contribution >= 0.6 is 0 Å². The van der Waals surface area contributed by atoms with Crippen LogP contribution in [0, 0.1) is 0 Å². The first-order chi connectivity index (χ1) is 9.05. The van der Waals surface area contributed by atoms with Gasteiger partial charge in [-0.25, -0.2) is 4.98 Å². The fourth-order valence-electron chi connectivity index (χ4n) is 2.67. The summed E-state index contributed by atoms with van der Waals surface area (Å²) in [6.45, 7) is 7.59. The molecule has 2 aromatic rings. The highest BCUT2D eigenvalue weighted by molar-refractivity contribution is 5.76. The van der Waals surface area contributed by atoms with E-state index in [-0.39, 0.29) is 11.6 Å². The van der Waals surface area contributed by atoms with E-state index in [1.807, 2.05) is 6.33 Å². The average Bonchev–Trinajstić information content (AvgIpc) is 2.81. The van der Waals surface area contributed by atoms with Crippen LogP contribution in [-0.4, -0.2) is 16.2 Å². The van der Waals surface area contributed by atoms with Crippen LogP contribution in [0.3, 0.4) is 0 Å². The van der Waals surface area contributed by atoms with Crippen LogP contribution in [-0.2, 0) is 10.2 Å². The maximum Gasteiger partial charge on any atom is 0.135 e. The minimum Gasteiger partial charge on any atom is -0.358 e. The largest absolute Gasteiger partial charge is 0.358 e. The number of imidazole rings is 1. The number of aromatic nitrogens is 2. The third-order valence-electron chi connectivity index (χ3n) is 3.91. The van der Waals surface area contributed by atoms with E-state index in [0.29, 0.717) is 0 Å². The molecule has 3 heteroatoms. The van der Waals surface area contributed by atoms with Crippen molar-refractivity contribution in [2.75, 3.05) is 6.61 Å². The van der Waals surface area contributed by atoms with Crippen molar-refractivity contribution >= 4 is 11.0 Å². The summed E-state index contributed by atoms with van der Waals surface area (Å²) >= 11 is 0. The molecule has 0 spiro atoms. The van der Waals surface area contributed by atoms with Crippen LogP contribution in [0.1, 0.15) is 51.8 Å². The van der Waals surface area contributed by atoms with Crippen molar-refractivity contribution in [3.63, 3.8) is 0 Å². The summed E-state index contributed by atoms with van der Waals surface area (Å²) in [7, 11) is 0. The molecule has 1 aromatic carbocycles. The quantitative estimate of drug-likeness (QED) is 0.772. The van der Waals surface area contributed by atoms with E-state index >= 15 is 0 Å². The Bertz CT molecular complexity index is 574. The first-order valence-electron chi connectivity index (χ1n) is 7.14. The highest BCUT2D eigenvalue weighted by Crippen LogP contribution is 2.29. The molecule has 1 unspecified atom stereocenters. The van der Waals surface area contributed by atoms with Crippen molar-refractivity contribution in [3.8, 4) is 0 Å². The molecule has 0 aliphatic carbocycles. The maximum absolute atomic E-state index is 5.88. The van der Waals surface area contributed by atoms with Crippen LogP contribution in [0.25, 0.3) is 11.0 Å². The van der Waals surface area contributed by atoms with Crippen molar-refractivity contribution in [2.24, 2.45) is 0 Å². The van der Waals surface area contributed by atoms with Gasteiger partial charge in [-0.2, -0.15) is 0 Å². The van der Waals surface area contributed by atoms with E-state index in [4.69, 9.17) is 4.74 Å². The predicted molar refractivity (Wildman–Crippen MR) is 77.3 cm³/mol. The summed E-state index contributed by atoms with van der Waals surface area (Å²) in [5, 5.41) is 0. The van der Waals surface area contributed by atoms with Gasteiger partial charge in [0.15, 0.2) is 0 Å². The highest BCUT2D eigenvalue weighted by Gasteiger charge is 2.20. The standard InChI is InChI=1S/C16H22N2O/c1-16(2,3)12-7-8-13-14(10-12)18(11-17-13)15-6-4-5-9-19-15/h7-8,10-11,15H,4-6,9H2,1-3H3. The molecule has 102 valence electrons. The van der Waals surface area contributed by atoms with Crippen LogP contribution in [0.4, 0.5) is 0 Å². The zero-order valence-electron chi connectivity index (χ0n) is 12.0. The fourth-order valence-corrected chi connectivity index (χ4v) is 2.67. The van der Waals surface area contributed by atoms with Gasteiger partial charge >= 0.3 is 0 Å². The Hall–Kier alpha value is -1.35. The number of hydrogen-bond acceptors (Lipinski definition) is 2. The Morgan fingerprint density at radius 1 is 1.26 bits per heavy atom. The van der Waals surface area contributed by atoms with Crippen molar-refractivity contribution in [2.45, 2.75) is 51.7 Å². The summed E-state index contributed by atoms with van der Waals surface area (Å²) in [5.41, 5.74) is 3.76. The number of fused-ring (bicyclic) bond motifs is 1. The first-order valence-corrected chi connectivity index (χ1v) is 7.14. The van der Waals surface area contributed by atoms with Gasteiger partial charge in [0.05, 0.1) is 17.4 Å². The lowest BCUT2D eigenvalue weighted by Crippen LogP contribution is -2.17. The van der Waals surface area contributed by atoms with Gasteiger partial charge in [0.2, 0.25) is 0 Å². The molecule has 1 fully saturated rings. The van der Waals surface area contributed by atoms with Gasteiger partial charge in [0, 0.05) is 6.61 Å². The smallest absolute Gasteiger partial charge is 0.135 e. The molecule has 3 rings (SSSR count). The van der Waals surface area contributed by atoms with Crippen molar-refractivity contribution in [1.29, 1.82) is 0 Å². The number of ether oxygens (including phenoxy) is 1. The fraction of sp³-hybridized carbons (Fsp3) is 0.562. The zero-order valence-corrected chi connectivity index (χ0v) is 12.0. The van der Waals surface area contributed by atoms with Gasteiger partial charge in [0.25, 0.3) is 0 Å². The lowest BCUT2D eigenvalue weighted by Gasteiger charge is -2.25. The van der Waals surface area contributed by atoms with Crippen molar-refractivity contribution in [1.82, 2.24) is 9.55 Å². The van der Waals surface area contributed by atoms with Gasteiger partial charge in [-0.05, 0) is 42.4 Å². The second-order valence-electron chi connectivity index (χ2n) is 6.43. The SMILES string of the molecule is CC(C)(C)c1ccc2ncn(C3CCCCO3)c2c1. The second-order valence-corrected chi connectivity index (χ2v) is 6.43. The van der Waals surface area contributed by atoms with E-state index in [2.05, 4.69) is 48.5 Å². The predicted octanol–water partition coefficient (Wildman–Crippen LogP) is 4.03. The van der Waals surface area contributed by atoms with E-state index in [9.17, 15) is 0 Å². The molecule has 1 aromatic heterocycles. The summed E-state index contributed by atoms with van der Waals surface area (Å²) < 4.78 is 8.08. The number of hydrogen-bond donors (Lipinski definition) is 0. The molecule has 3 nitrogen and oxygen atoms in total.